The average molecular weight is 228 g/mol. The van der Waals surface area contributed by atoms with Crippen LogP contribution in [0, 0.1) is 0 Å². The van der Waals surface area contributed by atoms with Gasteiger partial charge < -0.3 is 5.09 Å². The summed E-state index contributed by atoms with van der Waals surface area (Å²) in [5.74, 6) is 1.27. The van der Waals surface area contributed by atoms with Gasteiger partial charge in [-0.1, -0.05) is 27.7 Å². The minimum absolute atomic E-state index is 0.101. The van der Waals surface area contributed by atoms with Crippen molar-refractivity contribution < 1.29 is 0 Å². The zero-order valence-corrected chi connectivity index (χ0v) is 11.6. The smallest absolute Gasteiger partial charge is 0.0998 e. The van der Waals surface area contributed by atoms with Crippen LogP contribution < -0.4 is 5.09 Å². The second-order valence-corrected chi connectivity index (χ2v) is 8.13. The molecule has 0 spiro atoms. The summed E-state index contributed by atoms with van der Waals surface area (Å²) in [5, 5.41) is 3.70. The van der Waals surface area contributed by atoms with E-state index in [9.17, 15) is 0 Å². The minimum Gasteiger partial charge on any atom is -0.352 e. The van der Waals surface area contributed by atoms with Crippen LogP contribution in [0.2, 0.25) is 0 Å². The van der Waals surface area contributed by atoms with E-state index in [1.54, 1.807) is 0 Å². The number of hydrogen-bond donors (Lipinski definition) is 1. The standard InChI is InChI=1S/C12H25N2P/c1-9(2)15(10(3)4)14-12-8-6-7-11(5)13-12/h9-11H,6-8H2,1-5H3,(H,13,14). The van der Waals surface area contributed by atoms with E-state index in [1.165, 1.54) is 18.7 Å². The van der Waals surface area contributed by atoms with Crippen molar-refractivity contribution in [2.45, 2.75) is 71.2 Å². The fourth-order valence-corrected chi connectivity index (χ4v) is 4.22. The third-order valence-corrected chi connectivity index (χ3v) is 5.52. The Balaban J connectivity index is 2.58. The van der Waals surface area contributed by atoms with Gasteiger partial charge in [-0.25, -0.2) is 0 Å². The molecule has 1 heterocycles. The molecular weight excluding hydrogens is 203 g/mol. The Morgan fingerprint density at radius 1 is 1.27 bits per heavy atom. The number of hydrogen-bond acceptors (Lipinski definition) is 2. The van der Waals surface area contributed by atoms with Gasteiger partial charge >= 0.3 is 0 Å². The fourth-order valence-electron chi connectivity index (χ4n) is 2.05. The van der Waals surface area contributed by atoms with Crippen LogP contribution in [0.5, 0.6) is 0 Å². The summed E-state index contributed by atoms with van der Waals surface area (Å²) < 4.78 is 0. The molecule has 0 fully saturated rings. The molecule has 0 bridgehead atoms. The van der Waals surface area contributed by atoms with Crippen molar-refractivity contribution >= 4 is 13.9 Å². The van der Waals surface area contributed by atoms with E-state index in [1.807, 2.05) is 0 Å². The maximum atomic E-state index is 4.71. The predicted molar refractivity (Wildman–Crippen MR) is 71.1 cm³/mol. The van der Waals surface area contributed by atoms with E-state index in [2.05, 4.69) is 39.7 Å². The number of nitrogens with one attached hydrogen (secondary N) is 1. The van der Waals surface area contributed by atoms with Crippen LogP contribution in [0.1, 0.15) is 53.9 Å². The Kier molecular flexibility index (Phi) is 5.05. The molecule has 88 valence electrons. The maximum Gasteiger partial charge on any atom is 0.0998 e. The summed E-state index contributed by atoms with van der Waals surface area (Å²) in [5.41, 5.74) is 1.47. The van der Waals surface area contributed by atoms with Gasteiger partial charge in [-0.2, -0.15) is 0 Å². The Hall–Kier alpha value is -0.100. The summed E-state index contributed by atoms with van der Waals surface area (Å²) in [4.78, 5) is 4.71. The van der Waals surface area contributed by atoms with Gasteiger partial charge in [-0.15, -0.1) is 0 Å². The predicted octanol–water partition coefficient (Wildman–Crippen LogP) is 3.76. The third-order valence-electron chi connectivity index (χ3n) is 2.78. The second-order valence-electron chi connectivity index (χ2n) is 5.02. The Bertz CT molecular complexity index is 216. The molecule has 1 aliphatic heterocycles. The van der Waals surface area contributed by atoms with Crippen molar-refractivity contribution in [3.05, 3.63) is 0 Å². The Morgan fingerprint density at radius 2 is 1.87 bits per heavy atom. The lowest BCUT2D eigenvalue weighted by atomic mass is 10.1. The van der Waals surface area contributed by atoms with Gasteiger partial charge in [0.15, 0.2) is 0 Å². The van der Waals surface area contributed by atoms with Crippen LogP contribution in [-0.2, 0) is 0 Å². The SMILES string of the molecule is CC1CCCC(NP(C(C)C)C(C)C)=N1. The lowest BCUT2D eigenvalue weighted by Crippen LogP contribution is -2.28. The fraction of sp³-hybridized carbons (Fsp3) is 0.917. The molecule has 1 atom stereocenters. The molecule has 1 aliphatic rings. The summed E-state index contributed by atoms with van der Waals surface area (Å²) in [6.07, 6.45) is 3.71. The molecule has 0 saturated carbocycles. The van der Waals surface area contributed by atoms with Crippen LogP contribution in [0.4, 0.5) is 0 Å². The molecule has 15 heavy (non-hydrogen) atoms. The Morgan fingerprint density at radius 3 is 2.33 bits per heavy atom. The van der Waals surface area contributed by atoms with Crippen LogP contribution in [-0.4, -0.2) is 23.2 Å². The largest absolute Gasteiger partial charge is 0.352 e. The zero-order chi connectivity index (χ0) is 11.4. The first-order chi connectivity index (χ1) is 7.00. The molecule has 1 rings (SSSR count). The molecule has 2 nitrogen and oxygen atoms in total. The number of amidine groups is 1. The van der Waals surface area contributed by atoms with Gasteiger partial charge in [0.25, 0.3) is 0 Å². The summed E-state index contributed by atoms with van der Waals surface area (Å²) >= 11 is 0. The molecule has 0 aliphatic carbocycles. The van der Waals surface area contributed by atoms with E-state index < -0.39 is 0 Å². The third kappa shape index (κ3) is 4.10. The van der Waals surface area contributed by atoms with E-state index in [0.717, 1.165) is 17.7 Å². The lowest BCUT2D eigenvalue weighted by Gasteiger charge is -2.29. The van der Waals surface area contributed by atoms with Crippen molar-refractivity contribution in [2.75, 3.05) is 0 Å². The second kappa shape index (κ2) is 5.84. The number of aliphatic imine (C=N–C) groups is 1. The normalized spacial score (nSPS) is 22.4. The van der Waals surface area contributed by atoms with Gasteiger partial charge in [0, 0.05) is 12.5 Å². The van der Waals surface area contributed by atoms with Gasteiger partial charge in [-0.05, 0) is 39.2 Å². The van der Waals surface area contributed by atoms with Gasteiger partial charge in [0.05, 0.1) is 5.84 Å². The highest BCUT2D eigenvalue weighted by Crippen LogP contribution is 2.42. The quantitative estimate of drug-likeness (QED) is 0.731. The molecule has 1 N–H and O–H groups in total. The molecule has 0 amide bonds. The highest BCUT2D eigenvalue weighted by atomic mass is 31.1. The molecule has 0 aromatic rings. The number of nitrogens with zero attached hydrogens (tertiary/aromatic N) is 1. The van der Waals surface area contributed by atoms with E-state index in [4.69, 9.17) is 4.99 Å². The van der Waals surface area contributed by atoms with Crippen LogP contribution in [0.15, 0.2) is 4.99 Å². The molecule has 0 radical (unpaired) electrons. The Labute approximate surface area is 95.7 Å². The van der Waals surface area contributed by atoms with E-state index in [-0.39, 0.29) is 8.07 Å². The first kappa shape index (κ1) is 13.0. The molecule has 1 unspecified atom stereocenters. The molecular formula is C12H25N2P. The highest BCUT2D eigenvalue weighted by molar-refractivity contribution is 7.57. The molecule has 0 aromatic heterocycles. The van der Waals surface area contributed by atoms with E-state index >= 15 is 0 Å². The molecule has 0 aromatic carbocycles. The van der Waals surface area contributed by atoms with E-state index in [0.29, 0.717) is 6.04 Å². The van der Waals surface area contributed by atoms with Crippen molar-refractivity contribution in [3.63, 3.8) is 0 Å². The minimum atomic E-state index is -0.101. The average Bonchev–Trinajstić information content (AvgIpc) is 2.13. The number of rotatable bonds is 3. The van der Waals surface area contributed by atoms with Crippen molar-refractivity contribution in [3.8, 4) is 0 Å². The lowest BCUT2D eigenvalue weighted by molar-refractivity contribution is 0.604. The molecule has 3 heteroatoms. The van der Waals surface area contributed by atoms with Gasteiger partial charge in [0.1, 0.15) is 0 Å². The first-order valence-electron chi connectivity index (χ1n) is 6.12. The van der Waals surface area contributed by atoms with Gasteiger partial charge in [0.2, 0.25) is 0 Å². The maximum absolute atomic E-state index is 4.71. The monoisotopic (exact) mass is 228 g/mol. The van der Waals surface area contributed by atoms with Crippen LogP contribution >= 0.6 is 8.07 Å². The first-order valence-corrected chi connectivity index (χ1v) is 7.60. The van der Waals surface area contributed by atoms with Crippen molar-refractivity contribution in [1.82, 2.24) is 5.09 Å². The topological polar surface area (TPSA) is 24.4 Å². The summed E-state index contributed by atoms with van der Waals surface area (Å²) in [6.45, 7) is 11.5. The van der Waals surface area contributed by atoms with Crippen LogP contribution in [0.25, 0.3) is 0 Å². The zero-order valence-electron chi connectivity index (χ0n) is 10.7. The van der Waals surface area contributed by atoms with Gasteiger partial charge in [-0.3, -0.25) is 4.99 Å². The van der Waals surface area contributed by atoms with Crippen LogP contribution in [0.3, 0.4) is 0 Å². The van der Waals surface area contributed by atoms with Crippen molar-refractivity contribution in [2.24, 2.45) is 4.99 Å². The highest BCUT2D eigenvalue weighted by Gasteiger charge is 2.20. The molecule has 0 saturated heterocycles. The summed E-state index contributed by atoms with van der Waals surface area (Å²) in [7, 11) is -0.101. The van der Waals surface area contributed by atoms with Crippen molar-refractivity contribution in [1.29, 1.82) is 0 Å². The summed E-state index contributed by atoms with van der Waals surface area (Å²) in [6, 6.07) is 0.525.